The van der Waals surface area contributed by atoms with Gasteiger partial charge in [-0.25, -0.2) is 4.98 Å². The van der Waals surface area contributed by atoms with Gasteiger partial charge in [-0.3, -0.25) is 15.1 Å². The Labute approximate surface area is 196 Å². The largest absolute Gasteiger partial charge is 0.269 e. The van der Waals surface area contributed by atoms with Crippen LogP contribution in [0.2, 0.25) is 0 Å². The quantitative estimate of drug-likeness (QED) is 0.224. The maximum atomic E-state index is 11.1. The van der Waals surface area contributed by atoms with Crippen LogP contribution in [-0.2, 0) is 12.8 Å². The molecule has 0 spiro atoms. The molecule has 6 rings (SSSR count). The number of nitro benzene ring substituents is 1. The molecule has 0 radical (unpaired) electrons. The Morgan fingerprint density at radius 3 is 2.29 bits per heavy atom. The third-order valence-electron chi connectivity index (χ3n) is 6.53. The molecular formula is C29H21N3O2. The summed E-state index contributed by atoms with van der Waals surface area (Å²) in [4.78, 5) is 20.8. The standard InChI is InChI=1S/C29H21N3O2/c1-18-6-8-19(9-7-18)24-17-28(20-10-12-22(13-11-20)32(33)34)31-29-23(24)14-15-27-25(29)16-21-4-2-3-5-26(21)30-27/h2-13,16-17H,14-15H2,1H3. The van der Waals surface area contributed by atoms with Crippen LogP contribution in [0.3, 0.4) is 0 Å². The second kappa shape index (κ2) is 7.89. The smallest absolute Gasteiger partial charge is 0.258 e. The summed E-state index contributed by atoms with van der Waals surface area (Å²) in [5.41, 5.74) is 10.5. The second-order valence-corrected chi connectivity index (χ2v) is 8.73. The molecule has 3 aromatic carbocycles. The molecule has 1 aliphatic carbocycles. The fraction of sp³-hybridized carbons (Fsp3) is 0.103. The van der Waals surface area contributed by atoms with Crippen molar-refractivity contribution in [1.29, 1.82) is 0 Å². The van der Waals surface area contributed by atoms with Gasteiger partial charge in [0.1, 0.15) is 0 Å². The van der Waals surface area contributed by atoms with Crippen molar-refractivity contribution in [3.8, 4) is 33.6 Å². The molecule has 0 aliphatic heterocycles. The number of nitrogens with zero attached hydrogens (tertiary/aromatic N) is 3. The number of para-hydroxylation sites is 1. The number of rotatable bonds is 3. The highest BCUT2D eigenvalue weighted by molar-refractivity contribution is 5.88. The van der Waals surface area contributed by atoms with Gasteiger partial charge in [0.25, 0.3) is 5.69 Å². The zero-order valence-corrected chi connectivity index (χ0v) is 18.7. The fourth-order valence-corrected chi connectivity index (χ4v) is 4.73. The predicted octanol–water partition coefficient (Wildman–Crippen LogP) is 6.95. The number of non-ortho nitro benzene ring substituents is 1. The van der Waals surface area contributed by atoms with Crippen molar-refractivity contribution < 1.29 is 4.92 Å². The molecule has 0 saturated heterocycles. The summed E-state index contributed by atoms with van der Waals surface area (Å²) in [5, 5.41) is 12.2. The van der Waals surface area contributed by atoms with Crippen LogP contribution in [0.4, 0.5) is 5.69 Å². The van der Waals surface area contributed by atoms with Crippen molar-refractivity contribution in [2.24, 2.45) is 0 Å². The Morgan fingerprint density at radius 2 is 1.53 bits per heavy atom. The molecule has 164 valence electrons. The van der Waals surface area contributed by atoms with Gasteiger partial charge < -0.3 is 0 Å². The van der Waals surface area contributed by atoms with Gasteiger partial charge >= 0.3 is 0 Å². The predicted molar refractivity (Wildman–Crippen MR) is 135 cm³/mol. The van der Waals surface area contributed by atoms with E-state index in [0.717, 1.165) is 63.1 Å². The highest BCUT2D eigenvalue weighted by atomic mass is 16.6. The molecular weight excluding hydrogens is 422 g/mol. The highest BCUT2D eigenvalue weighted by Crippen LogP contribution is 2.40. The van der Waals surface area contributed by atoms with Crippen molar-refractivity contribution in [2.75, 3.05) is 0 Å². The molecule has 34 heavy (non-hydrogen) atoms. The number of pyridine rings is 2. The molecule has 2 heterocycles. The lowest BCUT2D eigenvalue weighted by Crippen LogP contribution is -2.10. The summed E-state index contributed by atoms with van der Waals surface area (Å²) in [6.07, 6.45) is 1.73. The molecule has 5 aromatic rings. The van der Waals surface area contributed by atoms with E-state index in [4.69, 9.17) is 9.97 Å². The molecule has 0 N–H and O–H groups in total. The SMILES string of the molecule is Cc1ccc(-c2cc(-c3ccc([N+](=O)[O-])cc3)nc3c2CCc2nc4ccccc4cc2-3)cc1. The van der Waals surface area contributed by atoms with Gasteiger partial charge in [-0.2, -0.15) is 0 Å². The van der Waals surface area contributed by atoms with Crippen molar-refractivity contribution in [2.45, 2.75) is 19.8 Å². The fourth-order valence-electron chi connectivity index (χ4n) is 4.73. The van der Waals surface area contributed by atoms with Gasteiger partial charge in [-0.15, -0.1) is 0 Å². The lowest BCUT2D eigenvalue weighted by molar-refractivity contribution is -0.384. The number of fused-ring (bicyclic) bond motifs is 4. The molecule has 0 bridgehead atoms. The van der Waals surface area contributed by atoms with Gasteiger partial charge in [0.05, 0.1) is 27.5 Å². The Morgan fingerprint density at radius 1 is 0.794 bits per heavy atom. The summed E-state index contributed by atoms with van der Waals surface area (Å²) in [6, 6.07) is 27.6. The number of aryl methyl sites for hydroxylation is 2. The minimum atomic E-state index is -0.380. The zero-order valence-electron chi connectivity index (χ0n) is 18.7. The molecule has 1 aliphatic rings. The van der Waals surface area contributed by atoms with Gasteiger partial charge in [0.15, 0.2) is 0 Å². The van der Waals surface area contributed by atoms with Crippen LogP contribution in [0.15, 0.2) is 84.9 Å². The van der Waals surface area contributed by atoms with E-state index in [9.17, 15) is 10.1 Å². The van der Waals surface area contributed by atoms with Gasteiger partial charge in [0.2, 0.25) is 0 Å². The van der Waals surface area contributed by atoms with Gasteiger partial charge in [-0.1, -0.05) is 48.0 Å². The van der Waals surface area contributed by atoms with E-state index >= 15 is 0 Å². The van der Waals surface area contributed by atoms with E-state index in [0.29, 0.717) is 0 Å². The minimum absolute atomic E-state index is 0.0708. The van der Waals surface area contributed by atoms with Gasteiger partial charge in [0, 0.05) is 28.6 Å². The third-order valence-corrected chi connectivity index (χ3v) is 6.53. The Balaban J connectivity index is 1.60. The molecule has 0 amide bonds. The van der Waals surface area contributed by atoms with E-state index < -0.39 is 0 Å². The van der Waals surface area contributed by atoms with Crippen LogP contribution < -0.4 is 0 Å². The average Bonchev–Trinajstić information content (AvgIpc) is 2.87. The number of aromatic nitrogens is 2. The number of hydrogen-bond donors (Lipinski definition) is 0. The van der Waals surface area contributed by atoms with Crippen LogP contribution in [-0.4, -0.2) is 14.9 Å². The second-order valence-electron chi connectivity index (χ2n) is 8.73. The summed E-state index contributed by atoms with van der Waals surface area (Å²) in [6.45, 7) is 2.08. The van der Waals surface area contributed by atoms with E-state index in [1.165, 1.54) is 23.3 Å². The number of nitro groups is 1. The minimum Gasteiger partial charge on any atom is -0.258 e. The zero-order chi connectivity index (χ0) is 23.2. The first-order chi connectivity index (χ1) is 16.6. The summed E-state index contributed by atoms with van der Waals surface area (Å²) < 4.78 is 0. The molecule has 2 aromatic heterocycles. The number of hydrogen-bond acceptors (Lipinski definition) is 4. The first-order valence-corrected chi connectivity index (χ1v) is 11.3. The molecule has 0 unspecified atom stereocenters. The van der Waals surface area contributed by atoms with E-state index in [-0.39, 0.29) is 10.6 Å². The first kappa shape index (κ1) is 20.2. The normalized spacial score (nSPS) is 12.3. The Hall–Kier alpha value is -4.38. The summed E-state index contributed by atoms with van der Waals surface area (Å²) in [5.74, 6) is 0. The van der Waals surface area contributed by atoms with Gasteiger partial charge in [-0.05, 0) is 66.8 Å². The topological polar surface area (TPSA) is 68.9 Å². The van der Waals surface area contributed by atoms with Crippen LogP contribution >= 0.6 is 0 Å². The Bertz CT molecular complexity index is 1570. The third kappa shape index (κ3) is 3.42. The molecule has 5 heteroatoms. The van der Waals surface area contributed by atoms with Crippen LogP contribution in [0.25, 0.3) is 44.5 Å². The van der Waals surface area contributed by atoms with Crippen LogP contribution in [0.1, 0.15) is 16.8 Å². The summed E-state index contributed by atoms with van der Waals surface area (Å²) >= 11 is 0. The summed E-state index contributed by atoms with van der Waals surface area (Å²) in [7, 11) is 0. The maximum Gasteiger partial charge on any atom is 0.269 e. The lowest BCUT2D eigenvalue weighted by atomic mass is 9.85. The molecule has 5 nitrogen and oxygen atoms in total. The lowest BCUT2D eigenvalue weighted by Gasteiger charge is -2.23. The van der Waals surface area contributed by atoms with Crippen molar-refractivity contribution in [3.05, 3.63) is 112 Å². The van der Waals surface area contributed by atoms with E-state index in [1.807, 2.05) is 18.2 Å². The van der Waals surface area contributed by atoms with E-state index in [2.05, 4.69) is 49.4 Å². The van der Waals surface area contributed by atoms with Crippen molar-refractivity contribution in [3.63, 3.8) is 0 Å². The molecule has 0 saturated carbocycles. The van der Waals surface area contributed by atoms with Crippen LogP contribution in [0, 0.1) is 17.0 Å². The highest BCUT2D eigenvalue weighted by Gasteiger charge is 2.24. The average molecular weight is 444 g/mol. The first-order valence-electron chi connectivity index (χ1n) is 11.3. The number of benzene rings is 3. The maximum absolute atomic E-state index is 11.1. The van der Waals surface area contributed by atoms with E-state index in [1.54, 1.807) is 12.1 Å². The monoisotopic (exact) mass is 443 g/mol. The van der Waals surface area contributed by atoms with Crippen molar-refractivity contribution >= 4 is 16.6 Å². The Kier molecular flexibility index (Phi) is 4.69. The van der Waals surface area contributed by atoms with Crippen LogP contribution in [0.5, 0.6) is 0 Å². The molecule has 0 atom stereocenters. The molecule has 0 fully saturated rings. The van der Waals surface area contributed by atoms with Crippen molar-refractivity contribution in [1.82, 2.24) is 9.97 Å².